The van der Waals surface area contributed by atoms with E-state index in [-0.39, 0.29) is 0 Å². The Morgan fingerprint density at radius 1 is 1.31 bits per heavy atom. The van der Waals surface area contributed by atoms with E-state index in [1.165, 1.54) is 0 Å². The van der Waals surface area contributed by atoms with Crippen molar-refractivity contribution in [3.8, 4) is 0 Å². The number of benzene rings is 1. The van der Waals surface area contributed by atoms with Gasteiger partial charge in [-0.2, -0.15) is 0 Å². The van der Waals surface area contributed by atoms with E-state index in [2.05, 4.69) is 13.2 Å². The molecule has 0 bridgehead atoms. The molecule has 0 aliphatic carbocycles. The number of carbonyl (C=O) groups excluding carboxylic acids is 1. The number of rotatable bonds is 3. The Labute approximate surface area is 77.4 Å². The number of carbonyl (C=O) groups is 1. The van der Waals surface area contributed by atoms with Crippen molar-refractivity contribution in [1.29, 1.82) is 0 Å². The molecule has 0 saturated carbocycles. The molecule has 0 aliphatic heterocycles. The highest BCUT2D eigenvalue weighted by Gasteiger charge is 2.04. The van der Waals surface area contributed by atoms with Crippen LogP contribution in [0.5, 0.6) is 0 Å². The third kappa shape index (κ3) is 1.85. The molecule has 0 fully saturated rings. The largest absolute Gasteiger partial charge is 0.366 e. The first-order chi connectivity index (χ1) is 6.19. The summed E-state index contributed by atoms with van der Waals surface area (Å²) in [5.41, 5.74) is 7.34. The molecule has 2 nitrogen and oxygen atoms in total. The molecule has 1 aromatic carbocycles. The van der Waals surface area contributed by atoms with Gasteiger partial charge in [-0.25, -0.2) is 0 Å². The van der Waals surface area contributed by atoms with Gasteiger partial charge in [0.05, 0.1) is 0 Å². The molecule has 1 aromatic rings. The normalized spacial score (nSPS) is 9.23. The van der Waals surface area contributed by atoms with Gasteiger partial charge in [-0.05, 0) is 23.3 Å². The number of amides is 1. The third-order valence-electron chi connectivity index (χ3n) is 1.80. The van der Waals surface area contributed by atoms with Crippen molar-refractivity contribution in [2.75, 3.05) is 0 Å². The van der Waals surface area contributed by atoms with Gasteiger partial charge in [0.2, 0.25) is 5.91 Å². The van der Waals surface area contributed by atoms with E-state index >= 15 is 0 Å². The fourth-order valence-corrected chi connectivity index (χ4v) is 1.10. The Morgan fingerprint density at radius 2 is 2.00 bits per heavy atom. The highest BCUT2D eigenvalue weighted by atomic mass is 16.1. The molecule has 0 atom stereocenters. The lowest BCUT2D eigenvalue weighted by atomic mass is 10.0. The predicted octanol–water partition coefficient (Wildman–Crippen LogP) is 2.07. The lowest BCUT2D eigenvalue weighted by Gasteiger charge is -2.02. The molecule has 0 heterocycles. The Morgan fingerprint density at radius 3 is 2.46 bits per heavy atom. The zero-order valence-corrected chi connectivity index (χ0v) is 7.29. The molecule has 1 rings (SSSR count). The van der Waals surface area contributed by atoms with Crippen molar-refractivity contribution in [3.63, 3.8) is 0 Å². The molecular weight excluding hydrogens is 162 g/mol. The minimum absolute atomic E-state index is 0.439. The van der Waals surface area contributed by atoms with Crippen molar-refractivity contribution < 1.29 is 4.79 Å². The summed E-state index contributed by atoms with van der Waals surface area (Å²) in [5, 5.41) is 0. The van der Waals surface area contributed by atoms with Gasteiger partial charge in [0.15, 0.2) is 0 Å². The summed E-state index contributed by atoms with van der Waals surface area (Å²) < 4.78 is 0. The van der Waals surface area contributed by atoms with Gasteiger partial charge in [0.1, 0.15) is 0 Å². The van der Waals surface area contributed by atoms with Crippen LogP contribution in [-0.2, 0) is 0 Å². The fourth-order valence-electron chi connectivity index (χ4n) is 1.10. The van der Waals surface area contributed by atoms with E-state index in [0.29, 0.717) is 5.56 Å². The van der Waals surface area contributed by atoms with Crippen LogP contribution in [0.1, 0.15) is 21.5 Å². The summed E-state index contributed by atoms with van der Waals surface area (Å²) >= 11 is 0. The van der Waals surface area contributed by atoms with Gasteiger partial charge < -0.3 is 5.73 Å². The van der Waals surface area contributed by atoms with Crippen molar-refractivity contribution in [2.24, 2.45) is 5.73 Å². The zero-order valence-electron chi connectivity index (χ0n) is 7.29. The number of hydrogen-bond donors (Lipinski definition) is 1. The summed E-state index contributed by atoms with van der Waals surface area (Å²) in [6, 6.07) is 5.29. The van der Waals surface area contributed by atoms with Crippen molar-refractivity contribution in [1.82, 2.24) is 0 Å². The quantitative estimate of drug-likeness (QED) is 0.747. The Bertz CT molecular complexity index is 366. The van der Waals surface area contributed by atoms with Crippen LogP contribution in [0.15, 0.2) is 31.4 Å². The molecule has 0 saturated heterocycles. The summed E-state index contributed by atoms with van der Waals surface area (Å²) in [4.78, 5) is 10.9. The molecule has 66 valence electrons. The monoisotopic (exact) mass is 173 g/mol. The Kier molecular flexibility index (Phi) is 2.65. The third-order valence-corrected chi connectivity index (χ3v) is 1.80. The van der Waals surface area contributed by atoms with Crippen LogP contribution in [-0.4, -0.2) is 5.91 Å². The molecule has 2 N–H and O–H groups in total. The van der Waals surface area contributed by atoms with Crippen molar-refractivity contribution >= 4 is 18.1 Å². The second kappa shape index (κ2) is 3.72. The number of primary amides is 1. The Hall–Kier alpha value is -1.83. The molecule has 0 aliphatic rings. The minimum atomic E-state index is -0.439. The first-order valence-corrected chi connectivity index (χ1v) is 3.87. The highest BCUT2D eigenvalue weighted by molar-refractivity contribution is 5.96. The maximum atomic E-state index is 10.9. The molecule has 0 aromatic heterocycles. The summed E-state index contributed by atoms with van der Waals surface area (Å²) in [6.07, 6.45) is 3.31. The van der Waals surface area contributed by atoms with E-state index in [9.17, 15) is 4.79 Å². The first kappa shape index (κ1) is 9.26. The highest BCUT2D eigenvalue weighted by Crippen LogP contribution is 2.13. The maximum Gasteiger partial charge on any atom is 0.249 e. The number of hydrogen-bond acceptors (Lipinski definition) is 1. The van der Waals surface area contributed by atoms with Crippen LogP contribution in [0.4, 0.5) is 0 Å². The van der Waals surface area contributed by atoms with Gasteiger partial charge in [0.25, 0.3) is 0 Å². The van der Waals surface area contributed by atoms with Gasteiger partial charge in [-0.1, -0.05) is 31.4 Å². The predicted molar refractivity (Wildman–Crippen MR) is 55.1 cm³/mol. The van der Waals surface area contributed by atoms with Crippen LogP contribution in [0.3, 0.4) is 0 Å². The summed E-state index contributed by atoms with van der Waals surface area (Å²) in [6.45, 7) is 7.24. The summed E-state index contributed by atoms with van der Waals surface area (Å²) in [7, 11) is 0. The molecular formula is C11H11NO. The average molecular weight is 173 g/mol. The molecule has 1 amide bonds. The zero-order chi connectivity index (χ0) is 9.84. The van der Waals surface area contributed by atoms with Gasteiger partial charge >= 0.3 is 0 Å². The second-order valence-corrected chi connectivity index (χ2v) is 2.62. The van der Waals surface area contributed by atoms with Gasteiger partial charge in [-0.15, -0.1) is 0 Å². The molecule has 13 heavy (non-hydrogen) atoms. The molecule has 0 unspecified atom stereocenters. The maximum absolute atomic E-state index is 10.9. The number of nitrogens with two attached hydrogens (primary N) is 1. The Balaban J connectivity index is 3.31. The standard InChI is InChI=1S/C11H11NO/c1-3-8-5-6-10(11(12)13)9(4-2)7-8/h3-7H,1-2H2,(H2,12,13). The molecule has 2 heteroatoms. The molecule has 0 spiro atoms. The minimum Gasteiger partial charge on any atom is -0.366 e. The van der Waals surface area contributed by atoms with Crippen LogP contribution in [0.25, 0.3) is 12.2 Å². The van der Waals surface area contributed by atoms with Gasteiger partial charge in [-0.3, -0.25) is 4.79 Å². The lowest BCUT2D eigenvalue weighted by Crippen LogP contribution is -2.12. The first-order valence-electron chi connectivity index (χ1n) is 3.87. The topological polar surface area (TPSA) is 43.1 Å². The van der Waals surface area contributed by atoms with Crippen molar-refractivity contribution in [2.45, 2.75) is 0 Å². The van der Waals surface area contributed by atoms with E-state index in [1.54, 1.807) is 24.3 Å². The van der Waals surface area contributed by atoms with Crippen LogP contribution >= 0.6 is 0 Å². The van der Waals surface area contributed by atoms with Crippen LogP contribution in [0.2, 0.25) is 0 Å². The van der Waals surface area contributed by atoms with E-state index in [1.807, 2.05) is 6.07 Å². The smallest absolute Gasteiger partial charge is 0.249 e. The van der Waals surface area contributed by atoms with Crippen LogP contribution in [0, 0.1) is 0 Å². The summed E-state index contributed by atoms with van der Waals surface area (Å²) in [5.74, 6) is -0.439. The average Bonchev–Trinajstić information content (AvgIpc) is 2.16. The SMILES string of the molecule is C=Cc1ccc(C(N)=O)c(C=C)c1. The lowest BCUT2D eigenvalue weighted by molar-refractivity contribution is 0.1000. The van der Waals surface area contributed by atoms with E-state index < -0.39 is 5.91 Å². The fraction of sp³-hybridized carbons (Fsp3) is 0. The van der Waals surface area contributed by atoms with E-state index in [4.69, 9.17) is 5.73 Å². The molecule has 0 radical (unpaired) electrons. The van der Waals surface area contributed by atoms with Crippen molar-refractivity contribution in [3.05, 3.63) is 48.0 Å². The van der Waals surface area contributed by atoms with Crippen LogP contribution < -0.4 is 5.73 Å². The second-order valence-electron chi connectivity index (χ2n) is 2.62. The van der Waals surface area contributed by atoms with Gasteiger partial charge in [0, 0.05) is 5.56 Å². The van der Waals surface area contributed by atoms with E-state index in [0.717, 1.165) is 11.1 Å².